The van der Waals surface area contributed by atoms with Gasteiger partial charge in [0.25, 0.3) is 0 Å². The lowest BCUT2D eigenvalue weighted by molar-refractivity contribution is -0.151. The molecule has 2 atom stereocenters. The molecule has 0 aliphatic carbocycles. The SMILES string of the molecule is CCOC(=O)[C@@H]1CCCN(C(=O)[C@@H]2CSCCS2)C1. The first-order valence-corrected chi connectivity index (χ1v) is 9.07. The maximum absolute atomic E-state index is 12.4. The molecule has 0 unspecified atom stereocenters. The van der Waals surface area contributed by atoms with Crippen LogP contribution in [-0.2, 0) is 14.3 Å². The van der Waals surface area contributed by atoms with Gasteiger partial charge >= 0.3 is 5.97 Å². The summed E-state index contributed by atoms with van der Waals surface area (Å²) in [7, 11) is 0. The molecule has 19 heavy (non-hydrogen) atoms. The van der Waals surface area contributed by atoms with E-state index < -0.39 is 0 Å². The van der Waals surface area contributed by atoms with Gasteiger partial charge < -0.3 is 9.64 Å². The summed E-state index contributed by atoms with van der Waals surface area (Å²) in [5, 5.41) is 0.0831. The van der Waals surface area contributed by atoms with Gasteiger partial charge in [0.2, 0.25) is 5.91 Å². The van der Waals surface area contributed by atoms with Gasteiger partial charge in [-0.05, 0) is 19.8 Å². The minimum absolute atomic E-state index is 0.0831. The third-order valence-electron chi connectivity index (χ3n) is 3.44. The summed E-state index contributed by atoms with van der Waals surface area (Å²) in [5.41, 5.74) is 0. The van der Waals surface area contributed by atoms with E-state index >= 15 is 0 Å². The van der Waals surface area contributed by atoms with Crippen molar-refractivity contribution in [1.29, 1.82) is 0 Å². The molecule has 0 N–H and O–H groups in total. The molecule has 2 aliphatic heterocycles. The van der Waals surface area contributed by atoms with Crippen molar-refractivity contribution in [3.63, 3.8) is 0 Å². The van der Waals surface area contributed by atoms with Gasteiger partial charge in [0.1, 0.15) is 0 Å². The molecule has 0 aromatic heterocycles. The van der Waals surface area contributed by atoms with Crippen LogP contribution in [0.25, 0.3) is 0 Å². The molecule has 1 amide bonds. The summed E-state index contributed by atoms with van der Waals surface area (Å²) in [6, 6.07) is 0. The summed E-state index contributed by atoms with van der Waals surface area (Å²) in [6.45, 7) is 3.56. The van der Waals surface area contributed by atoms with Gasteiger partial charge in [0.05, 0.1) is 17.8 Å². The molecule has 6 heteroatoms. The van der Waals surface area contributed by atoms with Crippen molar-refractivity contribution in [2.24, 2.45) is 5.92 Å². The highest BCUT2D eigenvalue weighted by molar-refractivity contribution is 8.07. The van der Waals surface area contributed by atoms with Crippen LogP contribution in [0, 0.1) is 5.92 Å². The molecular weight excluding hydrogens is 282 g/mol. The molecule has 0 aromatic carbocycles. The minimum atomic E-state index is -0.148. The number of thioether (sulfide) groups is 2. The van der Waals surface area contributed by atoms with Crippen molar-refractivity contribution in [1.82, 2.24) is 4.90 Å². The van der Waals surface area contributed by atoms with E-state index in [1.807, 2.05) is 23.6 Å². The van der Waals surface area contributed by atoms with Crippen LogP contribution < -0.4 is 0 Å². The number of esters is 1. The first-order chi connectivity index (χ1) is 9.22. The normalized spacial score (nSPS) is 27.9. The highest BCUT2D eigenvalue weighted by Gasteiger charge is 2.33. The van der Waals surface area contributed by atoms with Gasteiger partial charge in [-0.2, -0.15) is 11.8 Å². The Labute approximate surface area is 123 Å². The fraction of sp³-hybridized carbons (Fsp3) is 0.846. The molecule has 0 radical (unpaired) electrons. The first-order valence-electron chi connectivity index (χ1n) is 6.87. The number of carbonyl (C=O) groups excluding carboxylic acids is 2. The Morgan fingerprint density at radius 3 is 2.89 bits per heavy atom. The standard InChI is InChI=1S/C13H21NO3S2/c1-2-17-13(16)10-4-3-5-14(8-10)12(15)11-9-18-6-7-19-11/h10-11H,2-9H2,1H3/t10-,11+/m1/s1. The van der Waals surface area contributed by atoms with Gasteiger partial charge in [0, 0.05) is 30.3 Å². The number of hydrogen-bond donors (Lipinski definition) is 0. The van der Waals surface area contributed by atoms with Crippen molar-refractivity contribution in [3.8, 4) is 0 Å². The van der Waals surface area contributed by atoms with Gasteiger partial charge in [-0.3, -0.25) is 9.59 Å². The lowest BCUT2D eigenvalue weighted by atomic mass is 9.98. The maximum atomic E-state index is 12.4. The largest absolute Gasteiger partial charge is 0.466 e. The molecule has 0 saturated carbocycles. The summed E-state index contributed by atoms with van der Waals surface area (Å²) in [6.07, 6.45) is 1.74. The molecule has 2 saturated heterocycles. The number of amides is 1. The third-order valence-corrected chi connectivity index (χ3v) is 6.19. The van der Waals surface area contributed by atoms with Crippen LogP contribution in [0.1, 0.15) is 19.8 Å². The topological polar surface area (TPSA) is 46.6 Å². The average Bonchev–Trinajstić information content (AvgIpc) is 2.48. The second-order valence-electron chi connectivity index (χ2n) is 4.81. The Bertz CT molecular complexity index is 332. The fourth-order valence-corrected chi connectivity index (χ4v) is 5.09. The van der Waals surface area contributed by atoms with E-state index in [0.29, 0.717) is 13.2 Å². The van der Waals surface area contributed by atoms with E-state index in [0.717, 1.165) is 36.6 Å². The molecule has 0 aromatic rings. The van der Waals surface area contributed by atoms with E-state index in [-0.39, 0.29) is 23.0 Å². The number of nitrogens with zero attached hydrogens (tertiary/aromatic N) is 1. The molecular formula is C13H21NO3S2. The van der Waals surface area contributed by atoms with Gasteiger partial charge in [0.15, 0.2) is 0 Å². The Morgan fingerprint density at radius 2 is 2.21 bits per heavy atom. The van der Waals surface area contributed by atoms with E-state index in [4.69, 9.17) is 4.74 Å². The molecule has 2 rings (SSSR count). The number of hydrogen-bond acceptors (Lipinski definition) is 5. The summed E-state index contributed by atoms with van der Waals surface area (Å²) >= 11 is 3.61. The predicted molar refractivity (Wildman–Crippen MR) is 79.5 cm³/mol. The van der Waals surface area contributed by atoms with Crippen LogP contribution in [0.4, 0.5) is 0 Å². The van der Waals surface area contributed by atoms with Crippen LogP contribution in [0.3, 0.4) is 0 Å². The Balaban J connectivity index is 1.89. The van der Waals surface area contributed by atoms with E-state index in [2.05, 4.69) is 0 Å². The molecule has 2 heterocycles. The summed E-state index contributed by atoms with van der Waals surface area (Å²) in [5.74, 6) is 3.04. The highest BCUT2D eigenvalue weighted by atomic mass is 32.2. The average molecular weight is 303 g/mol. The summed E-state index contributed by atoms with van der Waals surface area (Å²) in [4.78, 5) is 26.1. The van der Waals surface area contributed by atoms with E-state index in [9.17, 15) is 9.59 Å². The monoisotopic (exact) mass is 303 g/mol. The van der Waals surface area contributed by atoms with Crippen LogP contribution >= 0.6 is 23.5 Å². The third kappa shape index (κ3) is 4.05. The quantitative estimate of drug-likeness (QED) is 0.742. The van der Waals surface area contributed by atoms with Crippen LogP contribution in [0.15, 0.2) is 0 Å². The van der Waals surface area contributed by atoms with Crippen molar-refractivity contribution in [2.45, 2.75) is 25.0 Å². The van der Waals surface area contributed by atoms with Crippen molar-refractivity contribution in [2.75, 3.05) is 37.0 Å². The van der Waals surface area contributed by atoms with Gasteiger partial charge in [-0.1, -0.05) is 0 Å². The fourth-order valence-electron chi connectivity index (χ4n) is 2.46. The van der Waals surface area contributed by atoms with Crippen LogP contribution in [0.5, 0.6) is 0 Å². The number of piperidine rings is 1. The van der Waals surface area contributed by atoms with Crippen molar-refractivity contribution in [3.05, 3.63) is 0 Å². The number of likely N-dealkylation sites (tertiary alicyclic amines) is 1. The zero-order valence-electron chi connectivity index (χ0n) is 11.3. The molecule has 2 aliphatic rings. The van der Waals surface area contributed by atoms with Crippen molar-refractivity contribution < 1.29 is 14.3 Å². The van der Waals surface area contributed by atoms with Crippen LogP contribution in [-0.4, -0.2) is 59.0 Å². The molecule has 4 nitrogen and oxygen atoms in total. The second kappa shape index (κ2) is 7.43. The second-order valence-corrected chi connectivity index (χ2v) is 7.27. The maximum Gasteiger partial charge on any atom is 0.310 e. The van der Waals surface area contributed by atoms with E-state index in [1.54, 1.807) is 11.8 Å². The molecule has 0 spiro atoms. The highest BCUT2D eigenvalue weighted by Crippen LogP contribution is 2.27. The number of ether oxygens (including phenoxy) is 1. The molecule has 0 bridgehead atoms. The Morgan fingerprint density at radius 1 is 1.37 bits per heavy atom. The lowest BCUT2D eigenvalue weighted by Gasteiger charge is -2.34. The zero-order chi connectivity index (χ0) is 13.7. The predicted octanol–water partition coefficient (Wildman–Crippen LogP) is 1.64. The molecule has 2 fully saturated rings. The Kier molecular flexibility index (Phi) is 5.88. The van der Waals surface area contributed by atoms with Crippen molar-refractivity contribution >= 4 is 35.4 Å². The smallest absolute Gasteiger partial charge is 0.310 e. The van der Waals surface area contributed by atoms with E-state index in [1.165, 1.54) is 0 Å². The zero-order valence-corrected chi connectivity index (χ0v) is 12.9. The Hall–Kier alpha value is -0.360. The minimum Gasteiger partial charge on any atom is -0.466 e. The number of carbonyl (C=O) groups is 2. The number of rotatable bonds is 3. The summed E-state index contributed by atoms with van der Waals surface area (Å²) < 4.78 is 5.07. The van der Waals surface area contributed by atoms with Crippen LogP contribution in [0.2, 0.25) is 0 Å². The van der Waals surface area contributed by atoms with Gasteiger partial charge in [-0.15, -0.1) is 11.8 Å². The molecule has 108 valence electrons. The first kappa shape index (κ1) is 15.0. The van der Waals surface area contributed by atoms with Gasteiger partial charge in [-0.25, -0.2) is 0 Å². The lowest BCUT2D eigenvalue weighted by Crippen LogP contribution is -2.47.